The van der Waals surface area contributed by atoms with Crippen LogP contribution in [0.25, 0.3) is 0 Å². The zero-order chi connectivity index (χ0) is 30.1. The van der Waals surface area contributed by atoms with Crippen LogP contribution < -0.4 is 16.0 Å². The summed E-state index contributed by atoms with van der Waals surface area (Å²) in [4.78, 5) is 62.9. The van der Waals surface area contributed by atoms with Gasteiger partial charge in [0.1, 0.15) is 17.8 Å². The van der Waals surface area contributed by atoms with Crippen LogP contribution in [0.4, 0.5) is 5.95 Å². The molecule has 0 bridgehead atoms. The fourth-order valence-electron chi connectivity index (χ4n) is 4.75. The summed E-state index contributed by atoms with van der Waals surface area (Å²) in [7, 11) is 1.26. The lowest BCUT2D eigenvalue weighted by molar-refractivity contribution is -0.146. The minimum atomic E-state index is -0.932. The monoisotopic (exact) mass is 570 g/mol. The SMILES string of the molecule is COC(=O)[C@H](Cc1ccccc1)NC(=O)C1CCCN1C(=O)/C(=C/Nc1nc(C)cc(C)n1)NC(=O)c1ccccc1. The highest BCUT2D eigenvalue weighted by atomic mass is 16.5. The Morgan fingerprint density at radius 2 is 1.64 bits per heavy atom. The van der Waals surface area contributed by atoms with Gasteiger partial charge in [-0.05, 0) is 50.5 Å². The number of methoxy groups -OCH3 is 1. The zero-order valence-corrected chi connectivity index (χ0v) is 23.8. The Bertz CT molecular complexity index is 1440. The van der Waals surface area contributed by atoms with Crippen LogP contribution in [0.3, 0.4) is 0 Å². The van der Waals surface area contributed by atoms with E-state index >= 15 is 0 Å². The highest BCUT2D eigenvalue weighted by molar-refractivity contribution is 6.04. The molecule has 218 valence electrons. The second kappa shape index (κ2) is 14.0. The summed E-state index contributed by atoms with van der Waals surface area (Å²) < 4.78 is 4.93. The zero-order valence-electron chi connectivity index (χ0n) is 23.8. The third-order valence-corrected chi connectivity index (χ3v) is 6.74. The van der Waals surface area contributed by atoms with Crippen LogP contribution >= 0.6 is 0 Å². The van der Waals surface area contributed by atoms with E-state index in [4.69, 9.17) is 4.74 Å². The van der Waals surface area contributed by atoms with Gasteiger partial charge in [-0.15, -0.1) is 0 Å². The molecule has 1 aliphatic heterocycles. The molecule has 2 heterocycles. The molecule has 0 spiro atoms. The lowest BCUT2D eigenvalue weighted by Crippen LogP contribution is -2.52. The maximum atomic E-state index is 13.8. The molecule has 3 N–H and O–H groups in total. The number of nitrogens with one attached hydrogen (secondary N) is 3. The van der Waals surface area contributed by atoms with Gasteiger partial charge in [-0.2, -0.15) is 0 Å². The molecule has 1 aromatic heterocycles. The summed E-state index contributed by atoms with van der Waals surface area (Å²) in [6.45, 7) is 3.93. The molecule has 3 amide bonds. The molecule has 11 heteroatoms. The molecule has 2 aromatic carbocycles. The summed E-state index contributed by atoms with van der Waals surface area (Å²) in [5.41, 5.74) is 2.58. The lowest BCUT2D eigenvalue weighted by atomic mass is 10.1. The van der Waals surface area contributed by atoms with Gasteiger partial charge in [-0.3, -0.25) is 14.4 Å². The van der Waals surface area contributed by atoms with Crippen molar-refractivity contribution in [2.75, 3.05) is 19.0 Å². The maximum absolute atomic E-state index is 13.8. The summed E-state index contributed by atoms with van der Waals surface area (Å²) in [6.07, 6.45) is 2.53. The van der Waals surface area contributed by atoms with Crippen LogP contribution in [0.5, 0.6) is 0 Å². The highest BCUT2D eigenvalue weighted by Gasteiger charge is 2.37. The number of nitrogens with zero attached hydrogens (tertiary/aromatic N) is 3. The molecule has 2 atom stereocenters. The number of carbonyl (C=O) groups excluding carboxylic acids is 4. The molecule has 11 nitrogen and oxygen atoms in total. The molecule has 42 heavy (non-hydrogen) atoms. The Morgan fingerprint density at radius 3 is 2.29 bits per heavy atom. The molecule has 1 unspecified atom stereocenters. The minimum absolute atomic E-state index is 0.0832. The summed E-state index contributed by atoms with van der Waals surface area (Å²) in [6, 6.07) is 17.8. The number of likely N-dealkylation sites (tertiary alicyclic amines) is 1. The molecule has 0 aliphatic carbocycles. The first-order valence-corrected chi connectivity index (χ1v) is 13.6. The normalized spacial score (nSPS) is 15.5. The summed E-state index contributed by atoms with van der Waals surface area (Å²) in [5.74, 6) is -1.87. The minimum Gasteiger partial charge on any atom is -0.467 e. The molecule has 0 saturated carbocycles. The first-order chi connectivity index (χ1) is 20.2. The van der Waals surface area contributed by atoms with E-state index in [1.807, 2.05) is 50.2 Å². The average molecular weight is 571 g/mol. The highest BCUT2D eigenvalue weighted by Crippen LogP contribution is 2.20. The van der Waals surface area contributed by atoms with Crippen molar-refractivity contribution in [3.63, 3.8) is 0 Å². The number of hydrogen-bond acceptors (Lipinski definition) is 8. The molecule has 0 radical (unpaired) electrons. The number of esters is 1. The van der Waals surface area contributed by atoms with E-state index in [-0.39, 0.29) is 24.6 Å². The smallest absolute Gasteiger partial charge is 0.328 e. The van der Waals surface area contributed by atoms with E-state index in [1.54, 1.807) is 30.3 Å². The lowest BCUT2D eigenvalue weighted by Gasteiger charge is -2.27. The average Bonchev–Trinajstić information content (AvgIpc) is 3.49. The van der Waals surface area contributed by atoms with Crippen LogP contribution in [-0.2, 0) is 25.5 Å². The predicted molar refractivity (Wildman–Crippen MR) is 156 cm³/mol. The Morgan fingerprint density at radius 1 is 1.00 bits per heavy atom. The molecule has 1 aliphatic rings. The van der Waals surface area contributed by atoms with Crippen LogP contribution in [0.15, 0.2) is 78.6 Å². The second-order valence-corrected chi connectivity index (χ2v) is 9.93. The van der Waals surface area contributed by atoms with Gasteiger partial charge in [-0.1, -0.05) is 48.5 Å². The van der Waals surface area contributed by atoms with Crippen molar-refractivity contribution in [2.24, 2.45) is 0 Å². The van der Waals surface area contributed by atoms with Crippen LogP contribution in [0, 0.1) is 13.8 Å². The van der Waals surface area contributed by atoms with Crippen molar-refractivity contribution < 1.29 is 23.9 Å². The third kappa shape index (κ3) is 7.78. The van der Waals surface area contributed by atoms with E-state index in [0.717, 1.165) is 17.0 Å². The first kappa shape index (κ1) is 29.9. The Balaban J connectivity index is 1.55. The van der Waals surface area contributed by atoms with E-state index in [1.165, 1.54) is 18.2 Å². The fourth-order valence-corrected chi connectivity index (χ4v) is 4.75. The standard InChI is InChI=1S/C31H34N6O5/c1-20-17-21(2)34-31(33-20)32-19-25(36-27(38)23-13-8-5-9-14-23)29(40)37-16-10-15-26(37)28(39)35-24(30(41)42-3)18-22-11-6-4-7-12-22/h4-9,11-14,17,19,24,26H,10,15-16,18H2,1-3H3,(H,35,39)(H,36,38)(H,32,33,34)/b25-19-/t24-,26?/m0/s1. The third-order valence-electron chi connectivity index (χ3n) is 6.74. The summed E-state index contributed by atoms with van der Waals surface area (Å²) in [5, 5.41) is 8.35. The molecular weight excluding hydrogens is 536 g/mol. The predicted octanol–water partition coefficient (Wildman–Crippen LogP) is 2.67. The number of amides is 3. The van der Waals surface area contributed by atoms with Gasteiger partial charge in [0.2, 0.25) is 11.9 Å². The van der Waals surface area contributed by atoms with Gasteiger partial charge in [0.15, 0.2) is 0 Å². The second-order valence-electron chi connectivity index (χ2n) is 9.93. The Hall–Kier alpha value is -5.06. The number of carbonyl (C=O) groups is 4. The van der Waals surface area contributed by atoms with Crippen molar-refractivity contribution >= 4 is 29.6 Å². The number of aryl methyl sites for hydroxylation is 2. The first-order valence-electron chi connectivity index (χ1n) is 13.6. The van der Waals surface area contributed by atoms with Crippen LogP contribution in [-0.4, -0.2) is 64.3 Å². The van der Waals surface area contributed by atoms with Crippen LogP contribution in [0.2, 0.25) is 0 Å². The van der Waals surface area contributed by atoms with E-state index in [2.05, 4.69) is 25.9 Å². The number of rotatable bonds is 10. The summed E-state index contributed by atoms with van der Waals surface area (Å²) >= 11 is 0. The fraction of sp³-hybridized carbons (Fsp3) is 0.290. The Kier molecular flexibility index (Phi) is 9.99. The molecular formula is C31H34N6O5. The van der Waals surface area contributed by atoms with Gasteiger partial charge in [0, 0.05) is 36.1 Å². The number of benzene rings is 2. The van der Waals surface area contributed by atoms with Crippen LogP contribution in [0.1, 0.15) is 40.2 Å². The topological polar surface area (TPSA) is 143 Å². The number of anilines is 1. The van der Waals surface area contributed by atoms with Gasteiger partial charge in [0.05, 0.1) is 7.11 Å². The van der Waals surface area contributed by atoms with E-state index < -0.39 is 35.8 Å². The van der Waals surface area contributed by atoms with E-state index in [9.17, 15) is 19.2 Å². The Labute approximate surface area is 244 Å². The molecule has 1 saturated heterocycles. The van der Waals surface area contributed by atoms with Crippen molar-refractivity contribution in [3.8, 4) is 0 Å². The van der Waals surface area contributed by atoms with Gasteiger partial charge in [0.25, 0.3) is 11.8 Å². The van der Waals surface area contributed by atoms with Crippen molar-refractivity contribution in [2.45, 2.75) is 45.2 Å². The molecule has 4 rings (SSSR count). The largest absolute Gasteiger partial charge is 0.467 e. The van der Waals surface area contributed by atoms with Gasteiger partial charge >= 0.3 is 5.97 Å². The van der Waals surface area contributed by atoms with Crippen molar-refractivity contribution in [1.29, 1.82) is 0 Å². The number of aromatic nitrogens is 2. The van der Waals surface area contributed by atoms with Gasteiger partial charge in [-0.25, -0.2) is 14.8 Å². The number of hydrogen-bond donors (Lipinski definition) is 3. The molecule has 1 fully saturated rings. The number of ether oxygens (including phenoxy) is 1. The molecule has 3 aromatic rings. The van der Waals surface area contributed by atoms with Crippen molar-refractivity contribution in [3.05, 3.63) is 101 Å². The van der Waals surface area contributed by atoms with Crippen molar-refractivity contribution in [1.82, 2.24) is 25.5 Å². The van der Waals surface area contributed by atoms with Gasteiger partial charge < -0.3 is 25.6 Å². The van der Waals surface area contributed by atoms with E-state index in [0.29, 0.717) is 18.4 Å². The maximum Gasteiger partial charge on any atom is 0.328 e. The quantitative estimate of drug-likeness (QED) is 0.250.